The summed E-state index contributed by atoms with van der Waals surface area (Å²) in [6.07, 6.45) is 8.23. The van der Waals surface area contributed by atoms with E-state index in [2.05, 4.69) is 53.7 Å². The number of benzene rings is 1. The van der Waals surface area contributed by atoms with Gasteiger partial charge in [-0.1, -0.05) is 79.4 Å². The van der Waals surface area contributed by atoms with E-state index in [1.807, 2.05) is 26.0 Å². The van der Waals surface area contributed by atoms with Crippen molar-refractivity contribution < 1.29 is 14.3 Å². The molecule has 1 atom stereocenters. The summed E-state index contributed by atoms with van der Waals surface area (Å²) < 4.78 is 11.5. The van der Waals surface area contributed by atoms with E-state index in [9.17, 15) is 4.79 Å². The zero-order valence-corrected chi connectivity index (χ0v) is 21.3. The molecule has 0 aromatic heterocycles. The molecule has 1 aromatic carbocycles. The minimum Gasteiger partial charge on any atom is -0.482 e. The molecule has 0 heterocycles. The molecule has 0 aliphatic heterocycles. The number of carbonyl (C=O) groups excluding carboxylic acids is 1. The van der Waals surface area contributed by atoms with Crippen molar-refractivity contribution in [3.8, 4) is 5.75 Å². The van der Waals surface area contributed by atoms with Crippen LogP contribution in [0.3, 0.4) is 0 Å². The Kier molecular flexibility index (Phi) is 8.64. The Balaban J connectivity index is 2.00. The zero-order chi connectivity index (χ0) is 23.3. The Hall–Kier alpha value is -1.51. The molecule has 1 aromatic rings. The van der Waals surface area contributed by atoms with Crippen molar-refractivity contribution in [1.82, 2.24) is 0 Å². The van der Waals surface area contributed by atoms with Crippen LogP contribution in [0.2, 0.25) is 0 Å². The van der Waals surface area contributed by atoms with Crippen LogP contribution in [0.4, 0.5) is 0 Å². The maximum Gasteiger partial charge on any atom is 0.344 e. The first-order valence-electron chi connectivity index (χ1n) is 12.3. The van der Waals surface area contributed by atoms with Crippen molar-refractivity contribution in [3.05, 3.63) is 29.8 Å². The fourth-order valence-electron chi connectivity index (χ4n) is 4.75. The number of hydrogen-bond acceptors (Lipinski definition) is 3. The largest absolute Gasteiger partial charge is 0.482 e. The van der Waals surface area contributed by atoms with Gasteiger partial charge in [0.2, 0.25) is 0 Å². The van der Waals surface area contributed by atoms with Crippen LogP contribution in [0.1, 0.15) is 112 Å². The fourth-order valence-corrected chi connectivity index (χ4v) is 4.75. The molecular weight excluding hydrogens is 384 g/mol. The second kappa shape index (κ2) is 10.4. The van der Waals surface area contributed by atoms with Crippen LogP contribution in [0.25, 0.3) is 0 Å². The molecule has 176 valence electrons. The van der Waals surface area contributed by atoms with Gasteiger partial charge in [0.25, 0.3) is 0 Å². The van der Waals surface area contributed by atoms with Crippen LogP contribution in [0.15, 0.2) is 24.3 Å². The molecule has 0 radical (unpaired) electrons. The lowest BCUT2D eigenvalue weighted by Crippen LogP contribution is -2.37. The molecule has 1 unspecified atom stereocenters. The monoisotopic (exact) mass is 430 g/mol. The Morgan fingerprint density at radius 2 is 1.55 bits per heavy atom. The first-order chi connectivity index (χ1) is 14.4. The Morgan fingerprint density at radius 3 is 2.06 bits per heavy atom. The van der Waals surface area contributed by atoms with Gasteiger partial charge in [0.05, 0.1) is 0 Å². The Morgan fingerprint density at radius 1 is 0.968 bits per heavy atom. The first-order valence-corrected chi connectivity index (χ1v) is 12.3. The quantitative estimate of drug-likeness (QED) is 0.334. The van der Waals surface area contributed by atoms with Crippen LogP contribution in [-0.4, -0.2) is 18.2 Å². The molecule has 1 aliphatic carbocycles. The SMILES string of the molecule is CCC(C)(C)CC(c1ccc(OCC(=O)OC(C)(C)C2CCCC2)cc1)C(C)(C)CC. The molecule has 0 spiro atoms. The molecule has 0 saturated heterocycles. The predicted molar refractivity (Wildman–Crippen MR) is 130 cm³/mol. The van der Waals surface area contributed by atoms with E-state index in [0.717, 1.165) is 31.4 Å². The van der Waals surface area contributed by atoms with Gasteiger partial charge in [0, 0.05) is 0 Å². The summed E-state index contributed by atoms with van der Waals surface area (Å²) in [7, 11) is 0. The van der Waals surface area contributed by atoms with Gasteiger partial charge in [-0.3, -0.25) is 0 Å². The highest BCUT2D eigenvalue weighted by molar-refractivity contribution is 5.71. The van der Waals surface area contributed by atoms with Gasteiger partial charge in [-0.25, -0.2) is 4.79 Å². The smallest absolute Gasteiger partial charge is 0.344 e. The van der Waals surface area contributed by atoms with Gasteiger partial charge in [-0.05, 0) is 73.5 Å². The van der Waals surface area contributed by atoms with Crippen molar-refractivity contribution >= 4 is 5.97 Å². The van der Waals surface area contributed by atoms with Crippen LogP contribution in [0, 0.1) is 16.7 Å². The fraction of sp³-hybridized carbons (Fsp3) is 0.750. The lowest BCUT2D eigenvalue weighted by atomic mass is 9.66. The minimum atomic E-state index is -0.411. The van der Waals surface area contributed by atoms with Crippen LogP contribution >= 0.6 is 0 Å². The zero-order valence-electron chi connectivity index (χ0n) is 21.3. The number of esters is 1. The van der Waals surface area contributed by atoms with Crippen molar-refractivity contribution in [3.63, 3.8) is 0 Å². The van der Waals surface area contributed by atoms with Crippen molar-refractivity contribution in [2.24, 2.45) is 16.7 Å². The second-order valence-corrected chi connectivity index (χ2v) is 11.5. The summed E-state index contributed by atoms with van der Waals surface area (Å²) >= 11 is 0. The molecule has 1 aliphatic rings. The van der Waals surface area contributed by atoms with Crippen molar-refractivity contribution in [2.75, 3.05) is 6.61 Å². The topological polar surface area (TPSA) is 35.5 Å². The third-order valence-electron chi connectivity index (χ3n) is 7.92. The van der Waals surface area contributed by atoms with Crippen molar-refractivity contribution in [1.29, 1.82) is 0 Å². The Bertz CT molecular complexity index is 693. The van der Waals surface area contributed by atoms with Gasteiger partial charge < -0.3 is 9.47 Å². The summed E-state index contributed by atoms with van der Waals surface area (Å²) in [5.41, 5.74) is 1.48. The minimum absolute atomic E-state index is 0.0394. The van der Waals surface area contributed by atoms with Crippen molar-refractivity contribution in [2.45, 2.75) is 112 Å². The highest BCUT2D eigenvalue weighted by Crippen LogP contribution is 2.46. The third-order valence-corrected chi connectivity index (χ3v) is 7.92. The number of carbonyl (C=O) groups is 1. The lowest BCUT2D eigenvalue weighted by molar-refractivity contribution is -0.163. The molecule has 1 saturated carbocycles. The summed E-state index contributed by atoms with van der Waals surface area (Å²) in [6, 6.07) is 8.36. The molecular formula is C28H46O3. The summed E-state index contributed by atoms with van der Waals surface area (Å²) in [4.78, 5) is 12.4. The average molecular weight is 431 g/mol. The van der Waals surface area contributed by atoms with E-state index in [4.69, 9.17) is 9.47 Å². The molecule has 2 rings (SSSR count). The number of ether oxygens (including phenoxy) is 2. The van der Waals surface area contributed by atoms with Gasteiger partial charge in [0.15, 0.2) is 6.61 Å². The molecule has 31 heavy (non-hydrogen) atoms. The van der Waals surface area contributed by atoms with E-state index >= 15 is 0 Å². The summed E-state index contributed by atoms with van der Waals surface area (Å²) in [5.74, 6) is 1.39. The lowest BCUT2D eigenvalue weighted by Gasteiger charge is -2.39. The number of rotatable bonds is 11. The van der Waals surface area contributed by atoms with E-state index in [1.165, 1.54) is 24.8 Å². The van der Waals surface area contributed by atoms with Gasteiger partial charge in [0.1, 0.15) is 11.4 Å². The van der Waals surface area contributed by atoms with E-state index < -0.39 is 5.60 Å². The molecule has 0 N–H and O–H groups in total. The summed E-state index contributed by atoms with van der Waals surface area (Å²) in [6.45, 7) is 18.0. The van der Waals surface area contributed by atoms with Crippen LogP contribution < -0.4 is 4.74 Å². The summed E-state index contributed by atoms with van der Waals surface area (Å²) in [5, 5.41) is 0. The highest BCUT2D eigenvalue weighted by atomic mass is 16.6. The molecule has 3 nitrogen and oxygen atoms in total. The van der Waals surface area contributed by atoms with Gasteiger partial charge >= 0.3 is 5.97 Å². The molecule has 3 heteroatoms. The normalized spacial score (nSPS) is 16.9. The maximum atomic E-state index is 12.4. The molecule has 0 amide bonds. The average Bonchev–Trinajstić information content (AvgIpc) is 3.27. The first kappa shape index (κ1) is 25.7. The Labute approximate surface area is 191 Å². The second-order valence-electron chi connectivity index (χ2n) is 11.5. The third kappa shape index (κ3) is 7.26. The van der Waals surface area contributed by atoms with E-state index in [1.54, 1.807) is 0 Å². The van der Waals surface area contributed by atoms with Gasteiger partial charge in [-0.2, -0.15) is 0 Å². The van der Waals surface area contributed by atoms with Crippen LogP contribution in [-0.2, 0) is 9.53 Å². The molecule has 0 bridgehead atoms. The van der Waals surface area contributed by atoms with Gasteiger partial charge in [-0.15, -0.1) is 0 Å². The van der Waals surface area contributed by atoms with E-state index in [-0.39, 0.29) is 18.0 Å². The number of hydrogen-bond donors (Lipinski definition) is 0. The predicted octanol–water partition coefficient (Wildman–Crippen LogP) is 7.92. The van der Waals surface area contributed by atoms with E-state index in [0.29, 0.717) is 17.3 Å². The van der Waals surface area contributed by atoms with Crippen LogP contribution in [0.5, 0.6) is 5.75 Å². The highest BCUT2D eigenvalue weighted by Gasteiger charge is 2.35. The molecule has 1 fully saturated rings. The maximum absolute atomic E-state index is 12.4. The standard InChI is InChI=1S/C28H46O3/c1-9-26(3,4)19-24(27(5,6)10-2)21-15-17-23(18-16-21)30-20-25(29)31-28(7,8)22-13-11-12-14-22/h15-18,22,24H,9-14,19-20H2,1-8H3.